The highest BCUT2D eigenvalue weighted by Crippen LogP contribution is 2.27. The predicted octanol–water partition coefficient (Wildman–Crippen LogP) is 4.79. The van der Waals surface area contributed by atoms with E-state index in [1.54, 1.807) is 0 Å². The molecular weight excluding hydrogens is 323 g/mol. The third-order valence-corrected chi connectivity index (χ3v) is 4.51. The van der Waals surface area contributed by atoms with Crippen LogP contribution < -0.4 is 10.6 Å². The molecule has 0 amide bonds. The normalized spacial score (nSPS) is 12.6. The van der Waals surface area contributed by atoms with Crippen molar-refractivity contribution < 1.29 is 13.6 Å². The van der Waals surface area contributed by atoms with Crippen LogP contribution in [0.5, 0.6) is 0 Å². The van der Waals surface area contributed by atoms with Crippen molar-refractivity contribution >= 4 is 8.25 Å². The highest BCUT2D eigenvalue weighted by Gasteiger charge is 2.30. The van der Waals surface area contributed by atoms with E-state index < -0.39 is 8.25 Å². The molecule has 0 aromatic heterocycles. The molecule has 6 heteroatoms. The lowest BCUT2D eigenvalue weighted by Gasteiger charge is -2.24. The maximum absolute atomic E-state index is 11.9. The van der Waals surface area contributed by atoms with Gasteiger partial charge in [0, 0.05) is 15.6 Å². The summed E-state index contributed by atoms with van der Waals surface area (Å²) in [4.78, 5) is 0. The molecule has 0 radical (unpaired) electrons. The predicted molar refractivity (Wildman–Crippen MR) is 103 cm³/mol. The first-order chi connectivity index (χ1) is 11.2. The van der Waals surface area contributed by atoms with E-state index in [1.807, 2.05) is 0 Å². The van der Waals surface area contributed by atoms with E-state index >= 15 is 0 Å². The molecule has 0 aliphatic rings. The topological polar surface area (TPSA) is 59.6 Å². The molecule has 0 spiro atoms. The van der Waals surface area contributed by atoms with Crippen LogP contribution >= 0.6 is 8.25 Å². The maximum Gasteiger partial charge on any atom is 0.697 e. The zero-order valence-corrected chi connectivity index (χ0v) is 17.6. The lowest BCUT2D eigenvalue weighted by Crippen LogP contribution is -2.44. The molecule has 0 aliphatic heterocycles. The maximum atomic E-state index is 11.9. The van der Waals surface area contributed by atoms with Crippen LogP contribution in [0.2, 0.25) is 0 Å². The molecule has 0 aromatic carbocycles. The molecule has 0 rings (SSSR count). The summed E-state index contributed by atoms with van der Waals surface area (Å²) in [6.07, 6.45) is 7.17. The van der Waals surface area contributed by atoms with Crippen LogP contribution in [-0.2, 0) is 13.6 Å². The van der Waals surface area contributed by atoms with Gasteiger partial charge in [0.1, 0.15) is 13.2 Å². The monoisotopic (exact) mass is 363 g/mol. The smallest absolute Gasteiger partial charge is 0.309 e. The first-order valence-corrected chi connectivity index (χ1v) is 10.5. The van der Waals surface area contributed by atoms with E-state index in [4.69, 9.17) is 9.05 Å². The minimum absolute atomic E-state index is 0.198. The van der Waals surface area contributed by atoms with Gasteiger partial charge in [0.15, 0.2) is 0 Å². The quantitative estimate of drug-likeness (QED) is 0.305. The Morgan fingerprint density at radius 1 is 0.750 bits per heavy atom. The van der Waals surface area contributed by atoms with Gasteiger partial charge < -0.3 is 10.6 Å². The number of unbranched alkanes of at least 4 members (excludes halogenated alkanes) is 4. The molecular formula is C18H40N2O3P+. The van der Waals surface area contributed by atoms with Crippen molar-refractivity contribution in [1.82, 2.24) is 10.6 Å². The number of hydrogen-bond acceptors (Lipinski definition) is 5. The Kier molecular flexibility index (Phi) is 13.2. The van der Waals surface area contributed by atoms with Crippen LogP contribution in [0.3, 0.4) is 0 Å². The van der Waals surface area contributed by atoms with Gasteiger partial charge in [0.2, 0.25) is 0 Å². The molecule has 144 valence electrons. The fourth-order valence-electron chi connectivity index (χ4n) is 2.17. The molecule has 5 nitrogen and oxygen atoms in total. The first kappa shape index (κ1) is 23.9. The van der Waals surface area contributed by atoms with Crippen LogP contribution in [0.25, 0.3) is 0 Å². The van der Waals surface area contributed by atoms with E-state index in [0.717, 1.165) is 25.9 Å². The molecule has 0 unspecified atom stereocenters. The van der Waals surface area contributed by atoms with Crippen molar-refractivity contribution in [2.45, 2.75) is 91.1 Å². The molecule has 0 aromatic rings. The third kappa shape index (κ3) is 14.3. The van der Waals surface area contributed by atoms with Crippen molar-refractivity contribution in [1.29, 1.82) is 0 Å². The van der Waals surface area contributed by atoms with Gasteiger partial charge in [0.05, 0.1) is 0 Å². The fourth-order valence-corrected chi connectivity index (χ4v) is 3.10. The highest BCUT2D eigenvalue weighted by atomic mass is 31.1. The Morgan fingerprint density at radius 3 is 1.46 bits per heavy atom. The minimum Gasteiger partial charge on any atom is -0.309 e. The largest absolute Gasteiger partial charge is 0.697 e. The second kappa shape index (κ2) is 13.2. The van der Waals surface area contributed by atoms with E-state index in [2.05, 4.69) is 52.2 Å². The summed E-state index contributed by atoms with van der Waals surface area (Å²) >= 11 is 0. The van der Waals surface area contributed by atoms with Crippen molar-refractivity contribution in [2.75, 3.05) is 26.3 Å². The summed E-state index contributed by atoms with van der Waals surface area (Å²) in [6.45, 7) is 15.3. The third-order valence-electron chi connectivity index (χ3n) is 3.83. The Hall–Kier alpha value is -0.0600. The van der Waals surface area contributed by atoms with Gasteiger partial charge in [-0.2, -0.15) is 0 Å². The van der Waals surface area contributed by atoms with E-state index in [0.29, 0.717) is 13.2 Å². The molecule has 0 fully saturated rings. The summed E-state index contributed by atoms with van der Waals surface area (Å²) < 4.78 is 22.7. The van der Waals surface area contributed by atoms with Crippen LogP contribution in [0, 0.1) is 0 Å². The van der Waals surface area contributed by atoms with Crippen molar-refractivity contribution in [3.8, 4) is 0 Å². The van der Waals surface area contributed by atoms with Gasteiger partial charge in [0.25, 0.3) is 0 Å². The Morgan fingerprint density at radius 2 is 1.12 bits per heavy atom. The Bertz CT molecular complexity index is 306. The zero-order chi connectivity index (χ0) is 18.5. The molecule has 0 saturated heterocycles. The fraction of sp³-hybridized carbons (Fsp3) is 1.00. The number of rotatable bonds is 16. The van der Waals surface area contributed by atoms with Gasteiger partial charge in [-0.25, -0.2) is 0 Å². The van der Waals surface area contributed by atoms with Gasteiger partial charge >= 0.3 is 8.25 Å². The SMILES string of the molecule is CCCCCNC(C)(C)CO[P+](=O)OCC(C)(C)NCCCCC. The average Bonchev–Trinajstić information content (AvgIpc) is 2.52. The summed E-state index contributed by atoms with van der Waals surface area (Å²) in [5, 5.41) is 6.88. The summed E-state index contributed by atoms with van der Waals surface area (Å²) in [5.41, 5.74) is -0.397. The zero-order valence-electron chi connectivity index (χ0n) is 16.7. The molecule has 0 atom stereocenters. The lowest BCUT2D eigenvalue weighted by atomic mass is 10.1. The summed E-state index contributed by atoms with van der Waals surface area (Å²) in [6, 6.07) is 0. The molecule has 0 saturated carbocycles. The van der Waals surface area contributed by atoms with E-state index in [1.165, 1.54) is 25.7 Å². The van der Waals surface area contributed by atoms with Crippen LogP contribution in [0.15, 0.2) is 0 Å². The van der Waals surface area contributed by atoms with Crippen LogP contribution in [-0.4, -0.2) is 37.4 Å². The average molecular weight is 364 g/mol. The molecule has 0 bridgehead atoms. The van der Waals surface area contributed by atoms with Gasteiger partial charge in [-0.1, -0.05) is 39.5 Å². The van der Waals surface area contributed by atoms with Crippen LogP contribution in [0.1, 0.15) is 80.1 Å². The highest BCUT2D eigenvalue weighted by molar-refractivity contribution is 7.33. The first-order valence-electron chi connectivity index (χ1n) is 9.45. The lowest BCUT2D eigenvalue weighted by molar-refractivity contribution is 0.149. The summed E-state index contributed by atoms with van der Waals surface area (Å²) in [7, 11) is -2.08. The second-order valence-corrected chi connectivity index (χ2v) is 8.77. The van der Waals surface area contributed by atoms with Gasteiger partial charge in [-0.15, -0.1) is 9.05 Å². The molecule has 2 N–H and O–H groups in total. The summed E-state index contributed by atoms with van der Waals surface area (Å²) in [5.74, 6) is 0. The van der Waals surface area contributed by atoms with Crippen molar-refractivity contribution in [3.63, 3.8) is 0 Å². The van der Waals surface area contributed by atoms with Crippen LogP contribution in [0.4, 0.5) is 0 Å². The number of nitrogens with one attached hydrogen (secondary N) is 2. The van der Waals surface area contributed by atoms with Gasteiger partial charge in [-0.05, 0) is 53.6 Å². The second-order valence-electron chi connectivity index (χ2n) is 7.81. The van der Waals surface area contributed by atoms with Crippen molar-refractivity contribution in [3.05, 3.63) is 0 Å². The van der Waals surface area contributed by atoms with Gasteiger partial charge in [-0.3, -0.25) is 0 Å². The van der Waals surface area contributed by atoms with E-state index in [-0.39, 0.29) is 11.1 Å². The molecule has 0 heterocycles. The standard InChI is InChI=1S/C18H40N2O3P/c1-7-9-11-13-19-17(3,4)15-22-24(21)23-16-18(5,6)20-14-12-10-8-2/h19-20H,7-16H2,1-6H3/q+1. The molecule has 24 heavy (non-hydrogen) atoms. The Balaban J connectivity index is 3.90. The number of hydrogen-bond donors (Lipinski definition) is 2. The Labute approximate surface area is 150 Å². The van der Waals surface area contributed by atoms with E-state index in [9.17, 15) is 4.57 Å². The van der Waals surface area contributed by atoms with Crippen molar-refractivity contribution in [2.24, 2.45) is 0 Å². The minimum atomic E-state index is -2.08. The molecule has 0 aliphatic carbocycles.